The summed E-state index contributed by atoms with van der Waals surface area (Å²) in [7, 11) is 0. The molecule has 0 saturated carbocycles. The van der Waals surface area contributed by atoms with Crippen molar-refractivity contribution in [1.29, 1.82) is 0 Å². The molecule has 0 aliphatic heterocycles. The fraction of sp³-hybridized carbons (Fsp3) is 0. The SMILES string of the molecule is [C-]#CC(=O)O.[C-]#CC(=O)O.[Cu+].[Cu+].[Cu]. The Kier molecular flexibility index (Phi) is 51.0. The van der Waals surface area contributed by atoms with E-state index in [0.29, 0.717) is 0 Å². The summed E-state index contributed by atoms with van der Waals surface area (Å²) in [6, 6.07) is 0. The summed E-state index contributed by atoms with van der Waals surface area (Å²) in [6.07, 6.45) is 11.6. The molecule has 2 N–H and O–H groups in total. The van der Waals surface area contributed by atoms with Crippen molar-refractivity contribution in [2.24, 2.45) is 0 Å². The van der Waals surface area contributed by atoms with Crippen LogP contribution < -0.4 is 0 Å². The van der Waals surface area contributed by atoms with E-state index in [4.69, 9.17) is 32.6 Å². The summed E-state index contributed by atoms with van der Waals surface area (Å²) in [5.74, 6) is -0.269. The van der Waals surface area contributed by atoms with E-state index < -0.39 is 11.9 Å². The third-order valence-electron chi connectivity index (χ3n) is 0.214. The topological polar surface area (TPSA) is 74.6 Å². The number of carboxylic acid groups (broad SMARTS) is 2. The van der Waals surface area contributed by atoms with E-state index in [1.54, 1.807) is 0 Å². The predicted octanol–water partition coefficient (Wildman–Crippen LogP) is -0.686. The number of hydrogen-bond donors (Lipinski definition) is 2. The Hall–Kier alpha value is -0.382. The fourth-order valence-electron chi connectivity index (χ4n) is 0. The van der Waals surface area contributed by atoms with Gasteiger partial charge in [-0.25, -0.2) is 11.8 Å². The molecule has 0 fully saturated rings. The third-order valence-corrected chi connectivity index (χ3v) is 0.214. The van der Waals surface area contributed by atoms with Gasteiger partial charge in [-0.05, 0) is 0 Å². The summed E-state index contributed by atoms with van der Waals surface area (Å²) >= 11 is 0. The van der Waals surface area contributed by atoms with Crippen LogP contribution in [0.4, 0.5) is 0 Å². The Morgan fingerprint density at radius 2 is 1.00 bits per heavy atom. The second-order valence-corrected chi connectivity index (χ2v) is 0.860. The summed E-state index contributed by atoms with van der Waals surface area (Å²) in [4.78, 5) is 18.1. The van der Waals surface area contributed by atoms with Crippen LogP contribution in [0.15, 0.2) is 0 Å². The second-order valence-electron chi connectivity index (χ2n) is 0.860. The van der Waals surface area contributed by atoms with Crippen molar-refractivity contribution in [3.63, 3.8) is 0 Å². The zero-order chi connectivity index (χ0) is 8.57. The molecule has 1 radical (unpaired) electrons. The van der Waals surface area contributed by atoms with Crippen LogP contribution in [-0.4, -0.2) is 22.2 Å². The molecule has 7 heteroatoms. The Morgan fingerprint density at radius 3 is 1.00 bits per heavy atom. The smallest absolute Gasteiger partial charge is 0.556 e. The van der Waals surface area contributed by atoms with Gasteiger partial charge in [-0.3, -0.25) is 0 Å². The molecular formula is C6H2Cu3O4. The summed E-state index contributed by atoms with van der Waals surface area (Å²) in [5, 5.41) is 14.8. The molecule has 13 heavy (non-hydrogen) atoms. The number of aliphatic carboxylic acids is 2. The minimum atomic E-state index is -1.33. The van der Waals surface area contributed by atoms with E-state index in [2.05, 4.69) is 0 Å². The van der Waals surface area contributed by atoms with Gasteiger partial charge in [0.2, 0.25) is 11.9 Å². The van der Waals surface area contributed by atoms with Crippen molar-refractivity contribution in [2.45, 2.75) is 0 Å². The second kappa shape index (κ2) is 22.6. The quantitative estimate of drug-likeness (QED) is 0.351. The van der Waals surface area contributed by atoms with Crippen LogP contribution in [0.3, 0.4) is 0 Å². The van der Waals surface area contributed by atoms with Gasteiger partial charge in [-0.15, -0.1) is 0 Å². The van der Waals surface area contributed by atoms with Crippen LogP contribution in [0.5, 0.6) is 0 Å². The van der Waals surface area contributed by atoms with Crippen LogP contribution in [0, 0.1) is 24.7 Å². The average molecular weight is 329 g/mol. The molecule has 0 aromatic carbocycles. The van der Waals surface area contributed by atoms with E-state index >= 15 is 0 Å². The summed E-state index contributed by atoms with van der Waals surface area (Å²) in [5.41, 5.74) is 0. The van der Waals surface area contributed by atoms with Crippen molar-refractivity contribution in [2.75, 3.05) is 0 Å². The Bertz CT molecular complexity index is 189. The van der Waals surface area contributed by atoms with E-state index in [9.17, 15) is 0 Å². The molecule has 0 aromatic rings. The van der Waals surface area contributed by atoms with Crippen molar-refractivity contribution >= 4 is 11.9 Å². The fourth-order valence-corrected chi connectivity index (χ4v) is 0. The summed E-state index contributed by atoms with van der Waals surface area (Å²) in [6.45, 7) is 0. The minimum absolute atomic E-state index is 0. The molecular weight excluding hydrogens is 327 g/mol. The first-order chi connectivity index (χ1) is 4.54. The average Bonchev–Trinajstić information content (AvgIpc) is 1.89. The van der Waals surface area contributed by atoms with E-state index in [-0.39, 0.29) is 51.2 Å². The van der Waals surface area contributed by atoms with Crippen molar-refractivity contribution in [3.05, 3.63) is 12.8 Å². The number of rotatable bonds is 0. The molecule has 0 rings (SSSR count). The van der Waals surface area contributed by atoms with Crippen LogP contribution in [-0.2, 0) is 60.8 Å². The Morgan fingerprint density at radius 1 is 0.923 bits per heavy atom. The maximum atomic E-state index is 9.07. The van der Waals surface area contributed by atoms with Gasteiger partial charge in [-0.2, -0.15) is 0 Å². The van der Waals surface area contributed by atoms with Crippen molar-refractivity contribution < 1.29 is 71.0 Å². The van der Waals surface area contributed by atoms with Gasteiger partial charge in [0.05, 0.1) is 0 Å². The van der Waals surface area contributed by atoms with Gasteiger partial charge in [-0.1, -0.05) is 0 Å². The Balaban J connectivity index is -0.0000000267. The number of hydrogen-bond acceptors (Lipinski definition) is 2. The molecule has 0 saturated heterocycles. The van der Waals surface area contributed by atoms with Crippen molar-refractivity contribution in [3.8, 4) is 11.8 Å². The first-order valence-corrected chi connectivity index (χ1v) is 1.86. The molecule has 0 atom stereocenters. The molecule has 0 aliphatic carbocycles. The first-order valence-electron chi connectivity index (χ1n) is 1.86. The first kappa shape index (κ1) is 29.3. The molecule has 0 amide bonds. The molecule has 4 nitrogen and oxygen atoms in total. The Labute approximate surface area is 107 Å². The zero-order valence-corrected chi connectivity index (χ0v) is 8.44. The molecule has 83 valence electrons. The summed E-state index contributed by atoms with van der Waals surface area (Å²) < 4.78 is 0. The maximum absolute atomic E-state index is 9.07. The van der Waals surface area contributed by atoms with Crippen LogP contribution in [0.1, 0.15) is 0 Å². The maximum Gasteiger partial charge on any atom is 1.00 e. The molecule has 0 heterocycles. The van der Waals surface area contributed by atoms with Gasteiger partial charge in [0.15, 0.2) is 0 Å². The van der Waals surface area contributed by atoms with Gasteiger partial charge in [0.1, 0.15) is 0 Å². The van der Waals surface area contributed by atoms with E-state index in [1.165, 1.54) is 11.8 Å². The zero-order valence-electron chi connectivity index (χ0n) is 5.62. The normalized spacial score (nSPS) is 4.15. The largest absolute Gasteiger partial charge is 1.00 e. The van der Waals surface area contributed by atoms with E-state index in [1.807, 2.05) is 0 Å². The minimum Gasteiger partial charge on any atom is -0.556 e. The van der Waals surface area contributed by atoms with Crippen molar-refractivity contribution in [1.82, 2.24) is 0 Å². The van der Waals surface area contributed by atoms with Gasteiger partial charge >= 0.3 is 34.1 Å². The van der Waals surface area contributed by atoms with E-state index in [0.717, 1.165) is 0 Å². The van der Waals surface area contributed by atoms with Gasteiger partial charge < -0.3 is 32.6 Å². The van der Waals surface area contributed by atoms with Gasteiger partial charge in [0, 0.05) is 17.1 Å². The number of carbonyl (C=O) groups is 2. The third kappa shape index (κ3) is 82.1. The monoisotopic (exact) mass is 327 g/mol. The molecule has 0 aromatic heterocycles. The van der Waals surface area contributed by atoms with Crippen LogP contribution in [0.25, 0.3) is 0 Å². The van der Waals surface area contributed by atoms with Crippen LogP contribution in [0.2, 0.25) is 0 Å². The predicted molar refractivity (Wildman–Crippen MR) is 29.5 cm³/mol. The standard InChI is InChI=1S/2C3HO2.3Cu/c2*1-2-3(4)5;;;/h2*(H,4,5);;;/q2*-1;;2*+1. The molecule has 0 unspecified atom stereocenters. The molecule has 0 spiro atoms. The van der Waals surface area contributed by atoms with Gasteiger partial charge in [0.25, 0.3) is 0 Å². The van der Waals surface area contributed by atoms with Crippen LogP contribution >= 0.6 is 0 Å². The number of carboxylic acids is 2. The molecule has 0 bridgehead atoms. The molecule has 0 aliphatic rings.